The molecule has 1 aromatic heterocycles. The average Bonchev–Trinajstić information content (AvgIpc) is 3.40. The zero-order valence-corrected chi connectivity index (χ0v) is 14.6. The lowest BCUT2D eigenvalue weighted by atomic mass is 10.1. The molecule has 1 heterocycles. The Morgan fingerprint density at radius 2 is 1.88 bits per heavy atom. The van der Waals surface area contributed by atoms with Crippen LogP contribution in [0, 0.1) is 6.92 Å². The van der Waals surface area contributed by atoms with Crippen molar-refractivity contribution < 1.29 is 9.59 Å². The Hall–Kier alpha value is -2.89. The van der Waals surface area contributed by atoms with E-state index in [0.717, 1.165) is 29.8 Å². The molecule has 0 atom stereocenters. The predicted octanol–water partition coefficient (Wildman–Crippen LogP) is 3.52. The zero-order chi connectivity index (χ0) is 18.0. The van der Waals surface area contributed by atoms with Crippen molar-refractivity contribution in [2.24, 2.45) is 0 Å². The fourth-order valence-corrected chi connectivity index (χ4v) is 2.76. The Labute approximate surface area is 147 Å². The molecule has 0 saturated heterocycles. The van der Waals surface area contributed by atoms with Crippen LogP contribution >= 0.6 is 0 Å². The lowest BCUT2D eigenvalue weighted by Gasteiger charge is -2.13. The van der Waals surface area contributed by atoms with E-state index < -0.39 is 0 Å². The molecule has 0 aliphatic heterocycles. The number of carbonyl (C=O) groups excluding carboxylic acids is 2. The minimum atomic E-state index is -0.301. The van der Waals surface area contributed by atoms with Crippen LogP contribution in [0.5, 0.6) is 0 Å². The van der Waals surface area contributed by atoms with Crippen LogP contribution in [0.3, 0.4) is 0 Å². The van der Waals surface area contributed by atoms with Gasteiger partial charge in [-0.3, -0.25) is 9.59 Å². The first-order valence-corrected chi connectivity index (χ1v) is 8.36. The summed E-state index contributed by atoms with van der Waals surface area (Å²) in [6, 6.07) is 8.99. The molecule has 1 fully saturated rings. The second kappa shape index (κ2) is 6.93. The molecule has 0 bridgehead atoms. The Bertz CT molecular complexity index is 828. The van der Waals surface area contributed by atoms with Crippen LogP contribution in [-0.4, -0.2) is 23.8 Å². The molecule has 0 radical (unpaired) electrons. The highest BCUT2D eigenvalue weighted by Crippen LogP contribution is 2.40. The first kappa shape index (κ1) is 17.0. The first-order chi connectivity index (χ1) is 12.0. The zero-order valence-electron chi connectivity index (χ0n) is 14.6. The third-order valence-corrected chi connectivity index (χ3v) is 4.21. The van der Waals surface area contributed by atoms with E-state index in [9.17, 15) is 9.59 Å². The topological polar surface area (TPSA) is 83.1 Å². The molecule has 1 aromatic carbocycles. The number of pyridine rings is 1. The highest BCUT2D eigenvalue weighted by Gasteiger charge is 2.27. The molecule has 25 heavy (non-hydrogen) atoms. The van der Waals surface area contributed by atoms with Gasteiger partial charge in [0.05, 0.1) is 11.3 Å². The third-order valence-electron chi connectivity index (χ3n) is 4.21. The van der Waals surface area contributed by atoms with Crippen LogP contribution in [0.15, 0.2) is 30.3 Å². The van der Waals surface area contributed by atoms with Gasteiger partial charge in [-0.05, 0) is 49.6 Å². The van der Waals surface area contributed by atoms with E-state index in [4.69, 9.17) is 0 Å². The Morgan fingerprint density at radius 3 is 2.52 bits per heavy atom. The van der Waals surface area contributed by atoms with E-state index in [1.54, 1.807) is 31.3 Å². The molecule has 0 unspecified atom stereocenters. The van der Waals surface area contributed by atoms with E-state index in [0.29, 0.717) is 23.0 Å². The highest BCUT2D eigenvalue weighted by atomic mass is 16.2. The van der Waals surface area contributed by atoms with Gasteiger partial charge in [0.15, 0.2) is 0 Å². The molecule has 3 N–H and O–H groups in total. The molecule has 1 aliphatic carbocycles. The van der Waals surface area contributed by atoms with Crippen LogP contribution in [0.2, 0.25) is 0 Å². The van der Waals surface area contributed by atoms with Crippen molar-refractivity contribution in [3.05, 3.63) is 47.2 Å². The second-order valence-corrected chi connectivity index (χ2v) is 6.32. The molecule has 3 rings (SSSR count). The molecular weight excluding hydrogens is 316 g/mol. The van der Waals surface area contributed by atoms with E-state index in [-0.39, 0.29) is 11.8 Å². The number of rotatable bonds is 5. The van der Waals surface area contributed by atoms with Crippen molar-refractivity contribution in [1.29, 1.82) is 0 Å². The minimum Gasteiger partial charge on any atom is -0.388 e. The number of nitrogens with zero attached hydrogens (tertiary/aromatic N) is 1. The summed E-state index contributed by atoms with van der Waals surface area (Å²) in [7, 11) is 1.78. The van der Waals surface area contributed by atoms with Crippen LogP contribution < -0.4 is 16.0 Å². The van der Waals surface area contributed by atoms with E-state index in [1.807, 2.05) is 13.0 Å². The van der Waals surface area contributed by atoms with Crippen molar-refractivity contribution >= 4 is 29.0 Å². The number of aryl methyl sites for hydroxylation is 1. The lowest BCUT2D eigenvalue weighted by molar-refractivity contribution is -0.114. The monoisotopic (exact) mass is 338 g/mol. The van der Waals surface area contributed by atoms with Crippen molar-refractivity contribution in [3.8, 4) is 0 Å². The molecule has 2 amide bonds. The van der Waals surface area contributed by atoms with E-state index in [1.165, 1.54) is 6.92 Å². The molecule has 130 valence electrons. The van der Waals surface area contributed by atoms with E-state index >= 15 is 0 Å². The molecule has 1 saturated carbocycles. The number of hydrogen-bond acceptors (Lipinski definition) is 4. The van der Waals surface area contributed by atoms with Gasteiger partial charge >= 0.3 is 0 Å². The summed E-state index contributed by atoms with van der Waals surface area (Å²) in [6.45, 7) is 3.45. The average molecular weight is 338 g/mol. The molecular formula is C19H22N4O2. The lowest BCUT2D eigenvalue weighted by Crippen LogP contribution is -2.17. The third kappa shape index (κ3) is 3.96. The van der Waals surface area contributed by atoms with Gasteiger partial charge in [0.25, 0.3) is 5.91 Å². The fourth-order valence-electron chi connectivity index (χ4n) is 2.76. The van der Waals surface area contributed by atoms with Gasteiger partial charge in [-0.15, -0.1) is 0 Å². The number of anilines is 3. The molecule has 6 heteroatoms. The largest absolute Gasteiger partial charge is 0.388 e. The van der Waals surface area contributed by atoms with Crippen molar-refractivity contribution in [2.75, 3.05) is 23.0 Å². The summed E-state index contributed by atoms with van der Waals surface area (Å²) < 4.78 is 0. The number of carbonyl (C=O) groups is 2. The van der Waals surface area contributed by atoms with Gasteiger partial charge in [0.2, 0.25) is 5.91 Å². The Kier molecular flexibility index (Phi) is 4.70. The molecule has 6 nitrogen and oxygen atoms in total. The second-order valence-electron chi connectivity index (χ2n) is 6.32. The quantitative estimate of drug-likeness (QED) is 0.779. The molecule has 1 aliphatic rings. The smallest absolute Gasteiger partial charge is 0.258 e. The predicted molar refractivity (Wildman–Crippen MR) is 99.2 cm³/mol. The maximum atomic E-state index is 12.7. The summed E-state index contributed by atoms with van der Waals surface area (Å²) in [5.41, 5.74) is 3.88. The van der Waals surface area contributed by atoms with Gasteiger partial charge in [-0.2, -0.15) is 0 Å². The number of hydrogen-bond donors (Lipinski definition) is 3. The van der Waals surface area contributed by atoms with Crippen LogP contribution in [0.1, 0.15) is 47.3 Å². The highest BCUT2D eigenvalue weighted by molar-refractivity contribution is 6.10. The Balaban J connectivity index is 1.85. The van der Waals surface area contributed by atoms with Gasteiger partial charge in [-0.25, -0.2) is 4.98 Å². The summed E-state index contributed by atoms with van der Waals surface area (Å²) in [6.07, 6.45) is 2.31. The molecule has 2 aromatic rings. The van der Waals surface area contributed by atoms with Gasteiger partial charge < -0.3 is 16.0 Å². The number of amides is 2. The minimum absolute atomic E-state index is 0.230. The van der Waals surface area contributed by atoms with Gasteiger partial charge in [0.1, 0.15) is 5.82 Å². The molecule has 0 spiro atoms. The van der Waals surface area contributed by atoms with Crippen molar-refractivity contribution in [2.45, 2.75) is 32.6 Å². The Morgan fingerprint density at radius 1 is 1.12 bits per heavy atom. The maximum Gasteiger partial charge on any atom is 0.258 e. The fraction of sp³-hybridized carbons (Fsp3) is 0.316. The van der Waals surface area contributed by atoms with E-state index in [2.05, 4.69) is 20.9 Å². The van der Waals surface area contributed by atoms with Gasteiger partial charge in [-0.1, -0.05) is 6.07 Å². The summed E-state index contributed by atoms with van der Waals surface area (Å²) >= 11 is 0. The summed E-state index contributed by atoms with van der Waals surface area (Å²) in [4.78, 5) is 28.7. The van der Waals surface area contributed by atoms with Gasteiger partial charge in [0, 0.05) is 31.3 Å². The number of benzene rings is 1. The van der Waals surface area contributed by atoms with Crippen molar-refractivity contribution in [3.63, 3.8) is 0 Å². The SMILES string of the molecule is CNc1ccc(C(=O)Nc2ccc(C)c(C3CC3)n2)c(NC(C)=O)c1. The first-order valence-electron chi connectivity index (χ1n) is 8.36. The van der Waals surface area contributed by atoms with Crippen molar-refractivity contribution in [1.82, 2.24) is 4.98 Å². The summed E-state index contributed by atoms with van der Waals surface area (Å²) in [5, 5.41) is 8.54. The summed E-state index contributed by atoms with van der Waals surface area (Å²) in [5.74, 6) is 0.516. The van der Waals surface area contributed by atoms with Crippen LogP contribution in [0.4, 0.5) is 17.2 Å². The number of aromatic nitrogens is 1. The van der Waals surface area contributed by atoms with Crippen LogP contribution in [0.25, 0.3) is 0 Å². The maximum absolute atomic E-state index is 12.7. The standard InChI is InChI=1S/C19H22N4O2/c1-11-4-9-17(22-18(11)13-5-6-13)23-19(25)15-8-7-14(20-3)10-16(15)21-12(2)24/h4,7-10,13,20H,5-6H2,1-3H3,(H,21,24)(H,22,23,25). The number of nitrogens with one attached hydrogen (secondary N) is 3. The van der Waals surface area contributed by atoms with Crippen LogP contribution in [-0.2, 0) is 4.79 Å². The normalized spacial score (nSPS) is 13.2.